The maximum Gasteiger partial charge on any atom is 0.0471 e. The fourth-order valence-electron chi connectivity index (χ4n) is 2.89. The van der Waals surface area contributed by atoms with Crippen molar-refractivity contribution in [2.45, 2.75) is 64.6 Å². The molecule has 1 N–H and O–H groups in total. The molecule has 0 aliphatic heterocycles. The van der Waals surface area contributed by atoms with Gasteiger partial charge in [-0.15, -0.1) is 0 Å². The number of nitrogens with one attached hydrogen (secondary N) is 1. The average Bonchev–Trinajstić information content (AvgIpc) is 2.46. The van der Waals surface area contributed by atoms with Crippen LogP contribution in [0.25, 0.3) is 0 Å². The molecule has 1 aromatic rings. The van der Waals surface area contributed by atoms with Gasteiger partial charge in [-0.1, -0.05) is 50.8 Å². The minimum Gasteiger partial charge on any atom is -0.372 e. The van der Waals surface area contributed by atoms with Crippen LogP contribution in [0.3, 0.4) is 0 Å². The number of halogens is 1. The fourth-order valence-corrected chi connectivity index (χ4v) is 3.13. The molecular formula is C17H27ClN2. The summed E-state index contributed by atoms with van der Waals surface area (Å²) in [6.07, 6.45) is 6.73. The molecule has 0 radical (unpaired) electrons. The second-order valence-electron chi connectivity index (χ2n) is 6.21. The molecule has 1 saturated carbocycles. The van der Waals surface area contributed by atoms with Crippen LogP contribution in [0.1, 0.15) is 51.5 Å². The van der Waals surface area contributed by atoms with E-state index >= 15 is 0 Å². The van der Waals surface area contributed by atoms with E-state index in [9.17, 15) is 0 Å². The first-order chi connectivity index (χ1) is 9.58. The minimum atomic E-state index is 0.482. The Balaban J connectivity index is 2.03. The van der Waals surface area contributed by atoms with E-state index in [1.165, 1.54) is 43.4 Å². The van der Waals surface area contributed by atoms with E-state index in [1.54, 1.807) is 0 Å². The topological polar surface area (TPSA) is 15.3 Å². The zero-order chi connectivity index (χ0) is 14.5. The molecule has 1 fully saturated rings. The van der Waals surface area contributed by atoms with Crippen LogP contribution in [0.4, 0.5) is 5.69 Å². The first-order valence-electron chi connectivity index (χ1n) is 7.82. The Kier molecular flexibility index (Phi) is 5.74. The third-order valence-corrected chi connectivity index (χ3v) is 4.62. The Morgan fingerprint density at radius 1 is 1.25 bits per heavy atom. The number of anilines is 1. The summed E-state index contributed by atoms with van der Waals surface area (Å²) in [6, 6.07) is 7.65. The van der Waals surface area contributed by atoms with Crippen molar-refractivity contribution in [3.63, 3.8) is 0 Å². The average molecular weight is 295 g/mol. The van der Waals surface area contributed by atoms with Crippen LogP contribution in [-0.4, -0.2) is 19.1 Å². The van der Waals surface area contributed by atoms with Gasteiger partial charge in [-0.2, -0.15) is 0 Å². The maximum atomic E-state index is 6.43. The standard InChI is InChI=1S/C17H27ClN2/c1-13(2)19-12-14-9-10-16(11-17(14)18)20(3)15-7-5-4-6-8-15/h9-11,13,15,19H,4-8,12H2,1-3H3. The Morgan fingerprint density at radius 3 is 2.55 bits per heavy atom. The van der Waals surface area contributed by atoms with Gasteiger partial charge in [-0.25, -0.2) is 0 Å². The van der Waals surface area contributed by atoms with Crippen LogP contribution in [0.15, 0.2) is 18.2 Å². The van der Waals surface area contributed by atoms with Gasteiger partial charge in [-0.05, 0) is 30.5 Å². The molecule has 20 heavy (non-hydrogen) atoms. The van der Waals surface area contributed by atoms with Crippen molar-refractivity contribution in [1.82, 2.24) is 5.32 Å². The van der Waals surface area contributed by atoms with Gasteiger partial charge in [0.1, 0.15) is 0 Å². The molecule has 0 unspecified atom stereocenters. The normalized spacial score (nSPS) is 16.6. The molecule has 0 amide bonds. The molecule has 2 rings (SSSR count). The highest BCUT2D eigenvalue weighted by Gasteiger charge is 2.18. The molecule has 1 aliphatic carbocycles. The van der Waals surface area contributed by atoms with E-state index in [-0.39, 0.29) is 0 Å². The number of rotatable bonds is 5. The largest absolute Gasteiger partial charge is 0.372 e. The van der Waals surface area contributed by atoms with Gasteiger partial charge in [0.15, 0.2) is 0 Å². The van der Waals surface area contributed by atoms with Crippen molar-refractivity contribution in [2.75, 3.05) is 11.9 Å². The van der Waals surface area contributed by atoms with Crippen molar-refractivity contribution in [1.29, 1.82) is 0 Å². The smallest absolute Gasteiger partial charge is 0.0471 e. The highest BCUT2D eigenvalue weighted by molar-refractivity contribution is 6.31. The molecule has 2 nitrogen and oxygen atoms in total. The highest BCUT2D eigenvalue weighted by atomic mass is 35.5. The summed E-state index contributed by atoms with van der Waals surface area (Å²) in [6.45, 7) is 5.14. The van der Waals surface area contributed by atoms with Gasteiger partial charge in [-0.3, -0.25) is 0 Å². The molecule has 0 atom stereocenters. The summed E-state index contributed by atoms with van der Waals surface area (Å²) < 4.78 is 0. The zero-order valence-corrected chi connectivity index (χ0v) is 13.7. The fraction of sp³-hybridized carbons (Fsp3) is 0.647. The van der Waals surface area contributed by atoms with Crippen molar-refractivity contribution in [3.8, 4) is 0 Å². The number of hydrogen-bond acceptors (Lipinski definition) is 2. The van der Waals surface area contributed by atoms with E-state index in [2.05, 4.69) is 49.3 Å². The lowest BCUT2D eigenvalue weighted by atomic mass is 9.94. The summed E-state index contributed by atoms with van der Waals surface area (Å²) in [5.74, 6) is 0. The van der Waals surface area contributed by atoms with E-state index in [4.69, 9.17) is 11.6 Å². The Morgan fingerprint density at radius 2 is 1.95 bits per heavy atom. The lowest BCUT2D eigenvalue weighted by molar-refractivity contribution is 0.427. The molecule has 0 bridgehead atoms. The van der Waals surface area contributed by atoms with Crippen molar-refractivity contribution >= 4 is 17.3 Å². The molecule has 112 valence electrons. The second kappa shape index (κ2) is 7.33. The first-order valence-corrected chi connectivity index (χ1v) is 8.20. The summed E-state index contributed by atoms with van der Waals surface area (Å²) in [5, 5.41) is 4.29. The van der Waals surface area contributed by atoms with E-state index in [0.717, 1.165) is 11.6 Å². The second-order valence-corrected chi connectivity index (χ2v) is 6.62. The predicted molar refractivity (Wildman–Crippen MR) is 88.7 cm³/mol. The lowest BCUT2D eigenvalue weighted by Gasteiger charge is -2.33. The maximum absolute atomic E-state index is 6.43. The van der Waals surface area contributed by atoms with Crippen LogP contribution in [0, 0.1) is 0 Å². The van der Waals surface area contributed by atoms with Crippen LogP contribution in [-0.2, 0) is 6.54 Å². The predicted octanol–water partition coefficient (Wildman–Crippen LogP) is 4.61. The summed E-state index contributed by atoms with van der Waals surface area (Å²) in [4.78, 5) is 2.41. The monoisotopic (exact) mass is 294 g/mol. The summed E-state index contributed by atoms with van der Waals surface area (Å²) in [7, 11) is 2.20. The Hall–Kier alpha value is -0.730. The van der Waals surface area contributed by atoms with Crippen molar-refractivity contribution in [2.24, 2.45) is 0 Å². The van der Waals surface area contributed by atoms with E-state index in [0.29, 0.717) is 12.1 Å². The van der Waals surface area contributed by atoms with Crippen molar-refractivity contribution in [3.05, 3.63) is 28.8 Å². The van der Waals surface area contributed by atoms with Gasteiger partial charge in [0.2, 0.25) is 0 Å². The molecular weight excluding hydrogens is 268 g/mol. The van der Waals surface area contributed by atoms with Gasteiger partial charge in [0.05, 0.1) is 0 Å². The minimum absolute atomic E-state index is 0.482. The van der Waals surface area contributed by atoms with Crippen LogP contribution < -0.4 is 10.2 Å². The molecule has 3 heteroatoms. The van der Waals surface area contributed by atoms with Gasteiger partial charge in [0, 0.05) is 36.4 Å². The van der Waals surface area contributed by atoms with Crippen molar-refractivity contribution < 1.29 is 0 Å². The van der Waals surface area contributed by atoms with Crippen LogP contribution in [0.2, 0.25) is 5.02 Å². The van der Waals surface area contributed by atoms with E-state index in [1.807, 2.05) is 0 Å². The molecule has 1 aliphatic rings. The zero-order valence-electron chi connectivity index (χ0n) is 13.0. The van der Waals surface area contributed by atoms with Gasteiger partial charge < -0.3 is 10.2 Å². The number of benzene rings is 1. The van der Waals surface area contributed by atoms with Crippen LogP contribution in [0.5, 0.6) is 0 Å². The lowest BCUT2D eigenvalue weighted by Crippen LogP contribution is -2.33. The molecule has 0 saturated heterocycles. The third kappa shape index (κ3) is 4.13. The van der Waals surface area contributed by atoms with E-state index < -0.39 is 0 Å². The molecule has 0 spiro atoms. The third-order valence-electron chi connectivity index (χ3n) is 4.27. The molecule has 0 aromatic heterocycles. The molecule has 0 heterocycles. The SMILES string of the molecule is CC(C)NCc1ccc(N(C)C2CCCCC2)cc1Cl. The van der Waals surface area contributed by atoms with Gasteiger partial charge in [0.25, 0.3) is 0 Å². The number of nitrogens with zero attached hydrogens (tertiary/aromatic N) is 1. The van der Waals surface area contributed by atoms with Crippen LogP contribution >= 0.6 is 11.6 Å². The Labute approximate surface area is 128 Å². The summed E-state index contributed by atoms with van der Waals surface area (Å²) in [5.41, 5.74) is 2.43. The molecule has 1 aromatic carbocycles. The van der Waals surface area contributed by atoms with Gasteiger partial charge >= 0.3 is 0 Å². The highest BCUT2D eigenvalue weighted by Crippen LogP contribution is 2.29. The summed E-state index contributed by atoms with van der Waals surface area (Å²) >= 11 is 6.43. The quantitative estimate of drug-likeness (QED) is 0.853. The Bertz CT molecular complexity index is 425. The first kappa shape index (κ1) is 15.7. The number of hydrogen-bond donors (Lipinski definition) is 1.